The highest BCUT2D eigenvalue weighted by Gasteiger charge is 2.36. The molecule has 4 nitrogen and oxygen atoms in total. The Morgan fingerprint density at radius 3 is 2.35 bits per heavy atom. The van der Waals surface area contributed by atoms with Gasteiger partial charge in [-0.2, -0.15) is 0 Å². The van der Waals surface area contributed by atoms with Crippen molar-refractivity contribution < 1.29 is 19.4 Å². The molecule has 0 amide bonds. The maximum atomic E-state index is 12.0. The molecule has 0 spiro atoms. The van der Waals surface area contributed by atoms with Gasteiger partial charge in [0.1, 0.15) is 0 Å². The first-order chi connectivity index (χ1) is 9.59. The van der Waals surface area contributed by atoms with Crippen molar-refractivity contribution in [2.24, 2.45) is 0 Å². The van der Waals surface area contributed by atoms with Gasteiger partial charge in [0, 0.05) is 17.7 Å². The fourth-order valence-electron chi connectivity index (χ4n) is 1.74. The number of carbonyl (C=O) groups is 1. The van der Waals surface area contributed by atoms with Crippen LogP contribution in [0.15, 0.2) is 54.0 Å². The highest BCUT2D eigenvalue weighted by atomic mass is 16.5. The first-order valence-corrected chi connectivity index (χ1v) is 5.97. The van der Waals surface area contributed by atoms with Crippen LogP contribution >= 0.6 is 0 Å². The van der Waals surface area contributed by atoms with Crippen LogP contribution < -0.4 is 0 Å². The summed E-state index contributed by atoms with van der Waals surface area (Å²) in [5.41, 5.74) is -1.19. The van der Waals surface area contributed by atoms with Crippen LogP contribution in [0.25, 0.3) is 0 Å². The second-order valence-corrected chi connectivity index (χ2v) is 4.17. The quantitative estimate of drug-likeness (QED) is 0.826. The van der Waals surface area contributed by atoms with Crippen molar-refractivity contribution in [3.05, 3.63) is 59.6 Å². The Kier molecular flexibility index (Phi) is 3.92. The molecule has 0 heterocycles. The number of carbonyl (C=O) groups excluding carboxylic acids is 1. The highest BCUT2D eigenvalue weighted by molar-refractivity contribution is 6.03. The van der Waals surface area contributed by atoms with E-state index in [1.165, 1.54) is 26.4 Å². The van der Waals surface area contributed by atoms with Crippen molar-refractivity contribution in [1.29, 1.82) is 0 Å². The Morgan fingerprint density at radius 2 is 1.75 bits per heavy atom. The third-order valence-corrected chi connectivity index (χ3v) is 2.83. The lowest BCUT2D eigenvalue weighted by Crippen LogP contribution is -2.37. The Morgan fingerprint density at radius 1 is 1.10 bits per heavy atom. The molecule has 0 aliphatic heterocycles. The van der Waals surface area contributed by atoms with Crippen LogP contribution in [0.4, 0.5) is 0 Å². The summed E-state index contributed by atoms with van der Waals surface area (Å²) in [5, 5.41) is 10.3. The van der Waals surface area contributed by atoms with Crippen LogP contribution in [0.1, 0.15) is 5.56 Å². The van der Waals surface area contributed by atoms with Gasteiger partial charge >= 0.3 is 0 Å². The van der Waals surface area contributed by atoms with Crippen molar-refractivity contribution >= 4 is 5.78 Å². The van der Waals surface area contributed by atoms with Gasteiger partial charge in [0.15, 0.2) is 11.5 Å². The maximum Gasteiger partial charge on any atom is 0.212 e. The van der Waals surface area contributed by atoms with Crippen molar-refractivity contribution in [2.75, 3.05) is 14.2 Å². The number of hydrogen-bond donors (Lipinski definition) is 1. The topological polar surface area (TPSA) is 55.8 Å². The fraction of sp³-hybridized carbons (Fsp3) is 0.188. The van der Waals surface area contributed by atoms with Gasteiger partial charge in [-0.3, -0.25) is 4.79 Å². The van der Waals surface area contributed by atoms with E-state index in [0.29, 0.717) is 5.56 Å². The molecule has 4 heteroatoms. The molecule has 1 aliphatic carbocycles. The summed E-state index contributed by atoms with van der Waals surface area (Å²) in [4.78, 5) is 12.0. The van der Waals surface area contributed by atoms with E-state index >= 15 is 0 Å². The fourth-order valence-corrected chi connectivity index (χ4v) is 1.74. The first kappa shape index (κ1) is 13.9. The zero-order valence-corrected chi connectivity index (χ0v) is 11.2. The zero-order valence-electron chi connectivity index (χ0n) is 11.2. The normalized spacial score (nSPS) is 21.2. The lowest BCUT2D eigenvalue weighted by Gasteiger charge is -2.22. The monoisotopic (exact) mass is 270 g/mol. The molecule has 0 bridgehead atoms. The number of rotatable bonds is 2. The summed E-state index contributed by atoms with van der Waals surface area (Å²) in [6.07, 6.45) is 2.43. The number of methoxy groups -OCH3 is 2. The molecule has 0 radical (unpaired) electrons. The molecule has 2 rings (SSSR count). The van der Waals surface area contributed by atoms with Crippen molar-refractivity contribution in [2.45, 2.75) is 5.60 Å². The molecular formula is C16H14O4. The van der Waals surface area contributed by atoms with Gasteiger partial charge in [-0.25, -0.2) is 0 Å². The minimum Gasteiger partial charge on any atom is -0.493 e. The van der Waals surface area contributed by atoms with E-state index in [-0.39, 0.29) is 11.5 Å². The molecule has 0 fully saturated rings. The number of hydrogen-bond acceptors (Lipinski definition) is 4. The molecule has 20 heavy (non-hydrogen) atoms. The van der Waals surface area contributed by atoms with Gasteiger partial charge in [-0.15, -0.1) is 0 Å². The molecule has 0 saturated carbocycles. The van der Waals surface area contributed by atoms with E-state index in [9.17, 15) is 9.90 Å². The molecule has 0 aromatic heterocycles. The second-order valence-electron chi connectivity index (χ2n) is 4.17. The van der Waals surface area contributed by atoms with E-state index < -0.39 is 11.4 Å². The summed E-state index contributed by atoms with van der Waals surface area (Å²) < 4.78 is 10.1. The van der Waals surface area contributed by atoms with Crippen LogP contribution in [-0.4, -0.2) is 30.7 Å². The summed E-state index contributed by atoms with van der Waals surface area (Å²) in [6.45, 7) is 0. The van der Waals surface area contributed by atoms with E-state index in [4.69, 9.17) is 9.47 Å². The van der Waals surface area contributed by atoms with Gasteiger partial charge in [-0.05, 0) is 18.1 Å². The van der Waals surface area contributed by atoms with Crippen LogP contribution in [0, 0.1) is 11.8 Å². The van der Waals surface area contributed by atoms with Gasteiger partial charge < -0.3 is 14.6 Å². The molecule has 0 saturated heterocycles. The van der Waals surface area contributed by atoms with Crippen LogP contribution in [0.2, 0.25) is 0 Å². The molecule has 1 atom stereocenters. The lowest BCUT2D eigenvalue weighted by atomic mass is 9.92. The van der Waals surface area contributed by atoms with E-state index in [2.05, 4.69) is 11.8 Å². The minimum atomic E-state index is -1.90. The van der Waals surface area contributed by atoms with E-state index in [0.717, 1.165) is 0 Å². The third-order valence-electron chi connectivity index (χ3n) is 2.83. The Balaban J connectivity index is 2.36. The maximum absolute atomic E-state index is 12.0. The Labute approximate surface area is 117 Å². The van der Waals surface area contributed by atoms with Crippen LogP contribution in [0.5, 0.6) is 0 Å². The van der Waals surface area contributed by atoms with Crippen molar-refractivity contribution in [3.63, 3.8) is 0 Å². The number of benzene rings is 1. The number of aliphatic hydroxyl groups is 1. The van der Waals surface area contributed by atoms with Gasteiger partial charge in [0.2, 0.25) is 11.4 Å². The highest BCUT2D eigenvalue weighted by Crippen LogP contribution is 2.24. The molecular weight excluding hydrogens is 256 g/mol. The standard InChI is InChI=1S/C16H14O4/c1-19-13-10-15(17)16(18,11-14(13)20-2)9-8-12-6-4-3-5-7-12/h3-7,10-11,18H,1-2H3. The Hall–Kier alpha value is -2.51. The first-order valence-electron chi connectivity index (χ1n) is 5.97. The average Bonchev–Trinajstić information content (AvgIpc) is 2.49. The second kappa shape index (κ2) is 5.64. The molecule has 102 valence electrons. The SMILES string of the molecule is COC1=CC(=O)C(O)(C#Cc2ccccc2)C=C1OC. The smallest absolute Gasteiger partial charge is 0.212 e. The molecule has 1 unspecified atom stereocenters. The molecule has 1 aliphatic rings. The molecule has 1 N–H and O–H groups in total. The third kappa shape index (κ3) is 2.73. The predicted molar refractivity (Wildman–Crippen MR) is 73.5 cm³/mol. The predicted octanol–water partition coefficient (Wildman–Crippen LogP) is 1.41. The van der Waals surface area contributed by atoms with Gasteiger partial charge in [0.25, 0.3) is 0 Å². The average molecular weight is 270 g/mol. The van der Waals surface area contributed by atoms with Crippen molar-refractivity contribution in [3.8, 4) is 11.8 Å². The molecule has 1 aromatic carbocycles. The summed E-state index contributed by atoms with van der Waals surface area (Å²) in [5.74, 6) is 5.33. The van der Waals surface area contributed by atoms with Crippen molar-refractivity contribution in [1.82, 2.24) is 0 Å². The van der Waals surface area contributed by atoms with Gasteiger partial charge in [0.05, 0.1) is 14.2 Å². The van der Waals surface area contributed by atoms with Crippen LogP contribution in [-0.2, 0) is 14.3 Å². The summed E-state index contributed by atoms with van der Waals surface area (Å²) >= 11 is 0. The lowest BCUT2D eigenvalue weighted by molar-refractivity contribution is -0.124. The van der Waals surface area contributed by atoms with Crippen LogP contribution in [0.3, 0.4) is 0 Å². The number of ketones is 1. The largest absolute Gasteiger partial charge is 0.493 e. The Bertz CT molecular complexity index is 631. The summed E-state index contributed by atoms with van der Waals surface area (Å²) in [6, 6.07) is 9.11. The van der Waals surface area contributed by atoms with E-state index in [1.54, 1.807) is 12.1 Å². The number of ether oxygens (including phenoxy) is 2. The zero-order chi connectivity index (χ0) is 14.6. The van der Waals surface area contributed by atoms with Gasteiger partial charge in [-0.1, -0.05) is 24.1 Å². The van der Waals surface area contributed by atoms with E-state index in [1.807, 2.05) is 18.2 Å². The molecule has 1 aromatic rings. The minimum absolute atomic E-state index is 0.267. The summed E-state index contributed by atoms with van der Waals surface area (Å²) in [7, 11) is 2.85.